The molecule has 0 aliphatic carbocycles. The van der Waals surface area contributed by atoms with Gasteiger partial charge in [0, 0.05) is 6.42 Å². The second-order valence-electron chi connectivity index (χ2n) is 3.34. The first kappa shape index (κ1) is 5.69. The highest BCUT2D eigenvalue weighted by molar-refractivity contribution is 4.99. The van der Waals surface area contributed by atoms with Crippen LogP contribution in [0.5, 0.6) is 0 Å². The lowest BCUT2D eigenvalue weighted by atomic mass is 9.88. The summed E-state index contributed by atoms with van der Waals surface area (Å²) in [7, 11) is 0. The van der Waals surface area contributed by atoms with E-state index in [-0.39, 0.29) is 11.7 Å². The first-order chi connectivity index (χ1) is 4.21. The standard InChI is InChI=1S/C7H12O2/c1-7-3-2-5(9-7)4-6(7)8/h5-6,8H,2-4H2,1H3/t5-,6-,7+/m0/s1. The molecule has 0 saturated carbocycles. The number of hydrogen-bond donors (Lipinski definition) is 1. The summed E-state index contributed by atoms with van der Waals surface area (Å²) in [5.41, 5.74) is -0.176. The molecule has 3 atom stereocenters. The lowest BCUT2D eigenvalue weighted by Crippen LogP contribution is -2.34. The quantitative estimate of drug-likeness (QED) is 0.520. The minimum Gasteiger partial charge on any atom is -0.390 e. The molecule has 0 spiro atoms. The molecule has 0 aromatic rings. The minimum absolute atomic E-state index is 0.176. The molecule has 2 bridgehead atoms. The van der Waals surface area contributed by atoms with Crippen LogP contribution in [0.2, 0.25) is 0 Å². The molecule has 2 heterocycles. The number of aliphatic hydroxyl groups is 1. The fourth-order valence-electron chi connectivity index (χ4n) is 1.86. The number of aliphatic hydroxyl groups excluding tert-OH is 1. The van der Waals surface area contributed by atoms with Crippen LogP contribution in [0.25, 0.3) is 0 Å². The maximum Gasteiger partial charge on any atom is 0.0917 e. The van der Waals surface area contributed by atoms with Crippen LogP contribution in [0.1, 0.15) is 26.2 Å². The van der Waals surface area contributed by atoms with Gasteiger partial charge in [-0.25, -0.2) is 0 Å². The predicted molar refractivity (Wildman–Crippen MR) is 33.1 cm³/mol. The van der Waals surface area contributed by atoms with Crippen molar-refractivity contribution >= 4 is 0 Å². The summed E-state index contributed by atoms with van der Waals surface area (Å²) in [5.74, 6) is 0. The zero-order valence-corrected chi connectivity index (χ0v) is 5.63. The van der Waals surface area contributed by atoms with E-state index in [1.807, 2.05) is 6.92 Å². The number of ether oxygens (including phenoxy) is 1. The van der Waals surface area contributed by atoms with Crippen LogP contribution in [0.3, 0.4) is 0 Å². The Morgan fingerprint density at radius 2 is 2.44 bits per heavy atom. The van der Waals surface area contributed by atoms with E-state index >= 15 is 0 Å². The smallest absolute Gasteiger partial charge is 0.0917 e. The van der Waals surface area contributed by atoms with Crippen LogP contribution in [0.4, 0.5) is 0 Å². The maximum atomic E-state index is 9.35. The summed E-state index contributed by atoms with van der Waals surface area (Å²) in [6.07, 6.45) is 3.21. The highest BCUT2D eigenvalue weighted by Crippen LogP contribution is 2.42. The van der Waals surface area contributed by atoms with Gasteiger partial charge in [-0.15, -0.1) is 0 Å². The van der Waals surface area contributed by atoms with Gasteiger partial charge in [0.05, 0.1) is 17.8 Å². The molecule has 0 aromatic carbocycles. The lowest BCUT2D eigenvalue weighted by Gasteiger charge is -2.23. The fraction of sp³-hybridized carbons (Fsp3) is 1.00. The number of rotatable bonds is 0. The summed E-state index contributed by atoms with van der Waals surface area (Å²) >= 11 is 0. The van der Waals surface area contributed by atoms with Crippen LogP contribution in [0.15, 0.2) is 0 Å². The van der Waals surface area contributed by atoms with Crippen molar-refractivity contribution in [1.82, 2.24) is 0 Å². The van der Waals surface area contributed by atoms with Gasteiger partial charge in [0.1, 0.15) is 0 Å². The second-order valence-corrected chi connectivity index (χ2v) is 3.34. The molecule has 1 N–H and O–H groups in total. The van der Waals surface area contributed by atoms with E-state index in [0.29, 0.717) is 6.10 Å². The summed E-state index contributed by atoms with van der Waals surface area (Å²) in [6, 6.07) is 0. The SMILES string of the molecule is C[C@@]12CC[C@@H](C[C@@H]1O)O2. The van der Waals surface area contributed by atoms with Gasteiger partial charge in [-0.1, -0.05) is 0 Å². The Morgan fingerprint density at radius 1 is 1.67 bits per heavy atom. The van der Waals surface area contributed by atoms with Gasteiger partial charge in [-0.05, 0) is 19.8 Å². The van der Waals surface area contributed by atoms with E-state index in [0.717, 1.165) is 19.3 Å². The van der Waals surface area contributed by atoms with E-state index in [1.54, 1.807) is 0 Å². The molecule has 2 nitrogen and oxygen atoms in total. The molecule has 2 aliphatic heterocycles. The van der Waals surface area contributed by atoms with Gasteiger partial charge in [0.2, 0.25) is 0 Å². The monoisotopic (exact) mass is 128 g/mol. The lowest BCUT2D eigenvalue weighted by molar-refractivity contribution is -0.0297. The van der Waals surface area contributed by atoms with Gasteiger partial charge >= 0.3 is 0 Å². The van der Waals surface area contributed by atoms with Crippen molar-refractivity contribution in [2.24, 2.45) is 0 Å². The highest BCUT2D eigenvalue weighted by atomic mass is 16.5. The molecule has 0 radical (unpaired) electrons. The van der Waals surface area contributed by atoms with Crippen LogP contribution in [0, 0.1) is 0 Å². The molecular weight excluding hydrogens is 116 g/mol. The molecule has 2 saturated heterocycles. The van der Waals surface area contributed by atoms with Crippen molar-refractivity contribution in [2.75, 3.05) is 0 Å². The third-order valence-corrected chi connectivity index (χ3v) is 2.59. The Bertz CT molecular complexity index is 135. The van der Waals surface area contributed by atoms with Gasteiger partial charge in [-0.3, -0.25) is 0 Å². The van der Waals surface area contributed by atoms with Crippen molar-refractivity contribution in [2.45, 2.75) is 44.0 Å². The Hall–Kier alpha value is -0.0800. The van der Waals surface area contributed by atoms with Gasteiger partial charge < -0.3 is 9.84 Å². The fourth-order valence-corrected chi connectivity index (χ4v) is 1.86. The third kappa shape index (κ3) is 0.634. The topological polar surface area (TPSA) is 29.5 Å². The van der Waals surface area contributed by atoms with Crippen LogP contribution >= 0.6 is 0 Å². The van der Waals surface area contributed by atoms with Crippen molar-refractivity contribution < 1.29 is 9.84 Å². The van der Waals surface area contributed by atoms with E-state index in [9.17, 15) is 5.11 Å². The van der Waals surface area contributed by atoms with Gasteiger partial charge in [0.25, 0.3) is 0 Å². The first-order valence-corrected chi connectivity index (χ1v) is 3.56. The minimum atomic E-state index is -0.198. The summed E-state index contributed by atoms with van der Waals surface area (Å²) in [6.45, 7) is 2.00. The Morgan fingerprint density at radius 3 is 2.67 bits per heavy atom. The average Bonchev–Trinajstić information content (AvgIpc) is 2.22. The van der Waals surface area contributed by atoms with E-state index < -0.39 is 0 Å². The van der Waals surface area contributed by atoms with Crippen molar-refractivity contribution in [3.63, 3.8) is 0 Å². The molecule has 2 rings (SSSR count). The molecule has 2 fully saturated rings. The van der Waals surface area contributed by atoms with Crippen molar-refractivity contribution in [3.05, 3.63) is 0 Å². The van der Waals surface area contributed by atoms with Crippen molar-refractivity contribution in [1.29, 1.82) is 0 Å². The summed E-state index contributed by atoms with van der Waals surface area (Å²) in [4.78, 5) is 0. The Kier molecular flexibility index (Phi) is 0.945. The van der Waals surface area contributed by atoms with Crippen LogP contribution < -0.4 is 0 Å². The predicted octanol–water partition coefficient (Wildman–Crippen LogP) is 0.689. The first-order valence-electron chi connectivity index (χ1n) is 3.56. The normalized spacial score (nSPS) is 56.7. The molecule has 9 heavy (non-hydrogen) atoms. The largest absolute Gasteiger partial charge is 0.390 e. The summed E-state index contributed by atoms with van der Waals surface area (Å²) < 4.78 is 5.52. The van der Waals surface area contributed by atoms with Crippen LogP contribution in [-0.2, 0) is 4.74 Å². The molecule has 2 aliphatic rings. The van der Waals surface area contributed by atoms with E-state index in [2.05, 4.69) is 0 Å². The van der Waals surface area contributed by atoms with Crippen molar-refractivity contribution in [3.8, 4) is 0 Å². The molecule has 0 unspecified atom stereocenters. The zero-order valence-electron chi connectivity index (χ0n) is 5.63. The highest BCUT2D eigenvalue weighted by Gasteiger charge is 2.49. The second kappa shape index (κ2) is 1.50. The van der Waals surface area contributed by atoms with E-state index in [1.165, 1.54) is 0 Å². The van der Waals surface area contributed by atoms with Crippen LogP contribution in [-0.4, -0.2) is 22.9 Å². The molecule has 52 valence electrons. The Labute approximate surface area is 54.8 Å². The molecule has 0 amide bonds. The molecular formula is C7H12O2. The zero-order chi connectivity index (χ0) is 6.48. The summed E-state index contributed by atoms with van der Waals surface area (Å²) in [5, 5.41) is 9.35. The number of fused-ring (bicyclic) bond motifs is 2. The van der Waals surface area contributed by atoms with Gasteiger partial charge in [-0.2, -0.15) is 0 Å². The molecule has 2 heteroatoms. The number of hydrogen-bond acceptors (Lipinski definition) is 2. The maximum absolute atomic E-state index is 9.35. The van der Waals surface area contributed by atoms with Gasteiger partial charge in [0.15, 0.2) is 0 Å². The van der Waals surface area contributed by atoms with E-state index in [4.69, 9.17) is 4.74 Å². The molecule has 0 aromatic heterocycles. The third-order valence-electron chi connectivity index (χ3n) is 2.59. The Balaban J connectivity index is 2.22. The average molecular weight is 128 g/mol.